The van der Waals surface area contributed by atoms with E-state index in [4.69, 9.17) is 14.6 Å². The molecule has 2 aromatic carbocycles. The highest BCUT2D eigenvalue weighted by Gasteiger charge is 2.29. The molecule has 10 nitrogen and oxygen atoms in total. The van der Waals surface area contributed by atoms with E-state index in [1.807, 2.05) is 48.5 Å². The van der Waals surface area contributed by atoms with Gasteiger partial charge in [-0.2, -0.15) is 5.10 Å². The number of H-pyrrole nitrogens is 1. The molecule has 5 rings (SSSR count). The van der Waals surface area contributed by atoms with Gasteiger partial charge in [0.25, 0.3) is 0 Å². The van der Waals surface area contributed by atoms with Crippen molar-refractivity contribution in [3.8, 4) is 11.6 Å². The number of fused-ring (bicyclic) bond motifs is 1. The number of ether oxygens (including phenoxy) is 2. The van der Waals surface area contributed by atoms with Gasteiger partial charge in [0.15, 0.2) is 5.82 Å². The van der Waals surface area contributed by atoms with Gasteiger partial charge in [0.2, 0.25) is 11.8 Å². The monoisotopic (exact) mass is 462 g/mol. The number of aromatic nitrogens is 4. The van der Waals surface area contributed by atoms with Crippen LogP contribution in [0.4, 0.5) is 17.3 Å². The topological polar surface area (TPSA) is 134 Å². The number of aromatic amines is 1. The third kappa shape index (κ3) is 6.20. The van der Waals surface area contributed by atoms with Crippen LogP contribution >= 0.6 is 0 Å². The van der Waals surface area contributed by atoms with E-state index in [0.717, 1.165) is 35.2 Å². The molecule has 2 aromatic heterocycles. The van der Waals surface area contributed by atoms with Crippen LogP contribution in [0, 0.1) is 5.92 Å². The van der Waals surface area contributed by atoms with Crippen molar-refractivity contribution in [1.29, 1.82) is 0 Å². The summed E-state index contributed by atoms with van der Waals surface area (Å²) in [6, 6.07) is 16.8. The van der Waals surface area contributed by atoms with Crippen LogP contribution in [0.25, 0.3) is 10.9 Å². The predicted octanol–water partition coefficient (Wildman–Crippen LogP) is 3.51. The van der Waals surface area contributed by atoms with Gasteiger partial charge < -0.3 is 25.2 Å². The number of benzene rings is 2. The minimum absolute atomic E-state index is 0.0588. The highest BCUT2D eigenvalue weighted by atomic mass is 16.5. The van der Waals surface area contributed by atoms with Crippen LogP contribution in [0.15, 0.2) is 60.9 Å². The first-order chi connectivity index (χ1) is 16.7. The summed E-state index contributed by atoms with van der Waals surface area (Å²) in [4.78, 5) is 19.5. The van der Waals surface area contributed by atoms with Gasteiger partial charge in [0.1, 0.15) is 24.5 Å². The number of rotatable bonds is 8. The zero-order chi connectivity index (χ0) is 23.8. The molecule has 4 aromatic rings. The summed E-state index contributed by atoms with van der Waals surface area (Å²) in [5, 5.41) is 22.8. The van der Waals surface area contributed by atoms with E-state index in [2.05, 4.69) is 30.8 Å². The first-order valence-electron chi connectivity index (χ1n) is 10.9. The first kappa shape index (κ1) is 23.0. The fourth-order valence-corrected chi connectivity index (χ4v) is 3.08. The number of hydrogen-bond donors (Lipinski definition) is 4. The van der Waals surface area contributed by atoms with E-state index in [0.29, 0.717) is 17.5 Å². The van der Waals surface area contributed by atoms with Crippen LogP contribution in [0.2, 0.25) is 0 Å². The molecule has 34 heavy (non-hydrogen) atoms. The van der Waals surface area contributed by atoms with E-state index in [1.165, 1.54) is 6.33 Å². The summed E-state index contributed by atoms with van der Waals surface area (Å²) < 4.78 is 10.3. The van der Waals surface area contributed by atoms with E-state index in [9.17, 15) is 4.79 Å². The quantitative estimate of drug-likeness (QED) is 0.313. The van der Waals surface area contributed by atoms with Gasteiger partial charge in [0, 0.05) is 23.1 Å². The summed E-state index contributed by atoms with van der Waals surface area (Å²) in [6.07, 6.45) is 3.45. The van der Waals surface area contributed by atoms with E-state index < -0.39 is 0 Å². The lowest BCUT2D eigenvalue weighted by molar-refractivity contribution is -0.117. The maximum atomic E-state index is 11.4. The lowest BCUT2D eigenvalue weighted by Crippen LogP contribution is -2.12. The number of methoxy groups -OCH3 is 1. The second-order valence-corrected chi connectivity index (χ2v) is 7.55. The number of para-hydroxylation sites is 1. The van der Waals surface area contributed by atoms with Crippen LogP contribution in [-0.4, -0.2) is 51.5 Å². The van der Waals surface area contributed by atoms with Crippen LogP contribution < -0.4 is 20.1 Å². The van der Waals surface area contributed by atoms with Crippen molar-refractivity contribution in [3.05, 3.63) is 60.9 Å². The van der Waals surface area contributed by atoms with Gasteiger partial charge in [-0.25, -0.2) is 9.97 Å². The van der Waals surface area contributed by atoms with Crippen molar-refractivity contribution in [2.24, 2.45) is 5.92 Å². The maximum absolute atomic E-state index is 11.4. The molecule has 0 saturated heterocycles. The molecule has 1 fully saturated rings. The first-order valence-corrected chi connectivity index (χ1v) is 10.9. The number of amides is 1. The normalized spacial score (nSPS) is 12.4. The minimum Gasteiger partial charge on any atom is -0.497 e. The minimum atomic E-state index is -0.0588. The Morgan fingerprint density at radius 1 is 1.15 bits per heavy atom. The Morgan fingerprint density at radius 3 is 2.68 bits per heavy atom. The zero-order valence-corrected chi connectivity index (χ0v) is 18.7. The standard InChI is InChI=1S/C13H13N5O2.C11H13NO2/c19-5-6-20-12-7-11(14-8-15-12)16-13-9-3-1-2-4-10(9)17-18-13;1-14-10-6-4-9(5-7-10)12-11(13)8-2-3-8/h1-4,7-8,19H,5-6H2,(H2,14,15,16,17,18);4-8H,2-3H2,1H3,(H,12,13). The molecule has 1 amide bonds. The number of carbonyl (C=O) groups is 1. The average Bonchev–Trinajstić information content (AvgIpc) is 3.66. The molecule has 0 spiro atoms. The van der Waals surface area contributed by atoms with Crippen LogP contribution in [-0.2, 0) is 4.79 Å². The van der Waals surface area contributed by atoms with Crippen molar-refractivity contribution >= 4 is 34.1 Å². The molecular formula is C24H26N6O4. The van der Waals surface area contributed by atoms with Crippen molar-refractivity contribution in [3.63, 3.8) is 0 Å². The second-order valence-electron chi connectivity index (χ2n) is 7.55. The predicted molar refractivity (Wildman–Crippen MR) is 128 cm³/mol. The Bertz CT molecular complexity index is 1220. The summed E-state index contributed by atoms with van der Waals surface area (Å²) >= 11 is 0. The fourth-order valence-electron chi connectivity index (χ4n) is 3.08. The van der Waals surface area contributed by atoms with Gasteiger partial charge in [-0.05, 0) is 49.2 Å². The third-order valence-corrected chi connectivity index (χ3v) is 5.01. The smallest absolute Gasteiger partial charge is 0.227 e. The fraction of sp³-hybridized carbons (Fsp3) is 0.250. The maximum Gasteiger partial charge on any atom is 0.227 e. The number of nitrogens with zero attached hydrogens (tertiary/aromatic N) is 3. The second kappa shape index (κ2) is 11.1. The zero-order valence-electron chi connectivity index (χ0n) is 18.7. The Labute approximate surface area is 196 Å². The van der Waals surface area contributed by atoms with E-state index in [-0.39, 0.29) is 25.0 Å². The molecule has 0 radical (unpaired) electrons. The van der Waals surface area contributed by atoms with Crippen molar-refractivity contribution < 1.29 is 19.4 Å². The average molecular weight is 463 g/mol. The highest BCUT2D eigenvalue weighted by Crippen LogP contribution is 2.30. The number of anilines is 3. The Balaban J connectivity index is 0.000000172. The molecular weight excluding hydrogens is 436 g/mol. The molecule has 0 unspecified atom stereocenters. The van der Waals surface area contributed by atoms with Crippen molar-refractivity contribution in [2.45, 2.75) is 12.8 Å². The van der Waals surface area contributed by atoms with Crippen molar-refractivity contribution in [2.75, 3.05) is 31.0 Å². The third-order valence-electron chi connectivity index (χ3n) is 5.01. The van der Waals surface area contributed by atoms with Crippen LogP contribution in [0.3, 0.4) is 0 Å². The van der Waals surface area contributed by atoms with Gasteiger partial charge >= 0.3 is 0 Å². The summed E-state index contributed by atoms with van der Waals surface area (Å²) in [6.45, 7) is 0.137. The lowest BCUT2D eigenvalue weighted by Gasteiger charge is -2.05. The molecule has 2 heterocycles. The van der Waals surface area contributed by atoms with Gasteiger partial charge in [0.05, 0.1) is 19.2 Å². The Morgan fingerprint density at radius 2 is 1.94 bits per heavy atom. The number of aliphatic hydroxyl groups excluding tert-OH is 1. The number of aliphatic hydroxyl groups is 1. The highest BCUT2D eigenvalue weighted by molar-refractivity contribution is 5.94. The molecule has 1 aliphatic rings. The van der Waals surface area contributed by atoms with Gasteiger partial charge in [-0.1, -0.05) is 12.1 Å². The molecule has 176 valence electrons. The molecule has 1 aliphatic carbocycles. The van der Waals surface area contributed by atoms with E-state index >= 15 is 0 Å². The number of hydrogen-bond acceptors (Lipinski definition) is 8. The van der Waals surface area contributed by atoms with E-state index in [1.54, 1.807) is 13.2 Å². The number of nitrogens with one attached hydrogen (secondary N) is 3. The summed E-state index contributed by atoms with van der Waals surface area (Å²) in [5.41, 5.74) is 1.78. The Hall–Kier alpha value is -4.18. The Kier molecular flexibility index (Phi) is 7.51. The summed E-state index contributed by atoms with van der Waals surface area (Å²) in [5.74, 6) is 2.84. The van der Waals surface area contributed by atoms with Crippen LogP contribution in [0.5, 0.6) is 11.6 Å². The number of carbonyl (C=O) groups excluding carboxylic acids is 1. The molecule has 4 N–H and O–H groups in total. The molecule has 1 saturated carbocycles. The molecule has 0 bridgehead atoms. The molecule has 10 heteroatoms. The van der Waals surface area contributed by atoms with Crippen LogP contribution in [0.1, 0.15) is 12.8 Å². The van der Waals surface area contributed by atoms with Gasteiger partial charge in [-0.3, -0.25) is 9.89 Å². The van der Waals surface area contributed by atoms with Gasteiger partial charge in [-0.15, -0.1) is 0 Å². The largest absolute Gasteiger partial charge is 0.497 e. The lowest BCUT2D eigenvalue weighted by atomic mass is 10.2. The molecule has 0 atom stereocenters. The SMILES string of the molecule is COc1ccc(NC(=O)C2CC2)cc1.OCCOc1cc(Nc2n[nH]c3ccccc23)ncn1. The summed E-state index contributed by atoms with van der Waals surface area (Å²) in [7, 11) is 1.62. The van der Waals surface area contributed by atoms with Crippen molar-refractivity contribution in [1.82, 2.24) is 20.2 Å². The molecule has 0 aliphatic heterocycles.